The lowest BCUT2D eigenvalue weighted by Gasteiger charge is -2.30. The summed E-state index contributed by atoms with van der Waals surface area (Å²) in [5.41, 5.74) is 5.40. The van der Waals surface area contributed by atoms with Crippen LogP contribution in [0.3, 0.4) is 0 Å². The largest absolute Gasteiger partial charge is 0.368 e. The molecule has 2 aromatic carbocycles. The third kappa shape index (κ3) is 4.55. The van der Waals surface area contributed by atoms with Crippen LogP contribution in [0.5, 0.6) is 0 Å². The van der Waals surface area contributed by atoms with Gasteiger partial charge in [0.25, 0.3) is 0 Å². The predicted octanol–water partition coefficient (Wildman–Crippen LogP) is 1.24. The van der Waals surface area contributed by atoms with Crippen LogP contribution in [0.1, 0.15) is 26.2 Å². The first kappa shape index (κ1) is 23.5. The zero-order chi connectivity index (χ0) is 23.9. The van der Waals surface area contributed by atoms with Crippen LogP contribution >= 0.6 is 11.6 Å². The Morgan fingerprint density at radius 2 is 1.82 bits per heavy atom. The van der Waals surface area contributed by atoms with Crippen LogP contribution in [-0.2, 0) is 24.4 Å². The number of carbonyl (C=O) groups is 3. The lowest BCUT2D eigenvalue weighted by Crippen LogP contribution is -2.53. The maximum Gasteiger partial charge on any atom is 0.245 e. The zero-order valence-corrected chi connectivity index (χ0v) is 19.6. The lowest BCUT2D eigenvalue weighted by atomic mass is 10.1. The van der Waals surface area contributed by atoms with Gasteiger partial charge in [0.05, 0.1) is 4.90 Å². The fourth-order valence-electron chi connectivity index (χ4n) is 4.51. The van der Waals surface area contributed by atoms with Gasteiger partial charge in [0.2, 0.25) is 27.7 Å². The molecule has 4 rings (SSSR count). The average molecular weight is 493 g/mol. The molecule has 2 aliphatic heterocycles. The van der Waals surface area contributed by atoms with Crippen molar-refractivity contribution >= 4 is 50.1 Å². The molecule has 0 saturated carbocycles. The number of benzene rings is 2. The third-order valence-electron chi connectivity index (χ3n) is 6.31. The van der Waals surface area contributed by atoms with E-state index in [1.807, 2.05) is 0 Å². The van der Waals surface area contributed by atoms with Gasteiger partial charge < -0.3 is 15.5 Å². The summed E-state index contributed by atoms with van der Waals surface area (Å²) in [5, 5.41) is 2.05. The molecule has 2 aromatic rings. The van der Waals surface area contributed by atoms with E-state index in [0.717, 1.165) is 5.39 Å². The SMILES string of the molecule is C[C@@H](C(=O)N1CCC[C@H]1C(N)=O)N1CC[C@H](NS(=O)(=O)c2ccc3cc(Cl)ccc3c2)C1=O. The summed E-state index contributed by atoms with van der Waals surface area (Å²) in [6.45, 7) is 2.22. The minimum Gasteiger partial charge on any atom is -0.368 e. The Morgan fingerprint density at radius 1 is 1.12 bits per heavy atom. The Kier molecular flexibility index (Phi) is 6.35. The van der Waals surface area contributed by atoms with Crippen molar-refractivity contribution in [1.82, 2.24) is 14.5 Å². The molecule has 0 spiro atoms. The molecule has 0 aliphatic carbocycles. The normalized spacial score (nSPS) is 22.2. The number of nitrogens with two attached hydrogens (primary N) is 1. The fraction of sp³-hybridized carbons (Fsp3) is 0.409. The molecule has 2 heterocycles. The van der Waals surface area contributed by atoms with Crippen LogP contribution in [0, 0.1) is 0 Å². The zero-order valence-electron chi connectivity index (χ0n) is 18.0. The third-order valence-corrected chi connectivity index (χ3v) is 8.01. The first-order valence-corrected chi connectivity index (χ1v) is 12.6. The molecule has 2 saturated heterocycles. The lowest BCUT2D eigenvalue weighted by molar-refractivity contribution is -0.145. The number of likely N-dealkylation sites (tertiary alicyclic amines) is 2. The van der Waals surface area contributed by atoms with Crippen molar-refractivity contribution in [3.63, 3.8) is 0 Å². The second-order valence-corrected chi connectivity index (χ2v) is 10.6. The maximum absolute atomic E-state index is 13.0. The van der Waals surface area contributed by atoms with E-state index in [-0.39, 0.29) is 23.8 Å². The summed E-state index contributed by atoms with van der Waals surface area (Å²) in [6, 6.07) is 7.31. The number of primary amides is 1. The number of hydrogen-bond acceptors (Lipinski definition) is 5. The number of sulfonamides is 1. The Bertz CT molecular complexity index is 1230. The number of amides is 3. The van der Waals surface area contributed by atoms with Crippen LogP contribution in [0.15, 0.2) is 41.3 Å². The molecule has 2 fully saturated rings. The van der Waals surface area contributed by atoms with Gasteiger partial charge >= 0.3 is 0 Å². The smallest absolute Gasteiger partial charge is 0.245 e. The number of halogens is 1. The Hall–Kier alpha value is -2.69. The monoisotopic (exact) mass is 492 g/mol. The molecule has 0 bridgehead atoms. The standard InChI is InChI=1S/C22H25ClN4O5S/c1-13(21(29)27-9-2-3-19(27)20(24)28)26-10-8-18(22(26)30)25-33(31,32)17-7-5-14-11-16(23)6-4-15(14)12-17/h4-7,11-13,18-19,25H,2-3,8-10H2,1H3,(H2,24,28)/t13-,18-,19-/m0/s1. The van der Waals surface area contributed by atoms with Crippen molar-refractivity contribution in [3.05, 3.63) is 41.4 Å². The highest BCUT2D eigenvalue weighted by atomic mass is 35.5. The molecule has 11 heteroatoms. The summed E-state index contributed by atoms with van der Waals surface area (Å²) >= 11 is 5.98. The van der Waals surface area contributed by atoms with Gasteiger partial charge in [0.1, 0.15) is 18.1 Å². The molecular formula is C22H25ClN4O5S. The van der Waals surface area contributed by atoms with Crippen LogP contribution in [-0.4, -0.2) is 67.2 Å². The minimum atomic E-state index is -3.97. The van der Waals surface area contributed by atoms with Crippen LogP contribution < -0.4 is 10.5 Å². The van der Waals surface area contributed by atoms with Gasteiger partial charge in [0, 0.05) is 18.1 Å². The van der Waals surface area contributed by atoms with Gasteiger partial charge in [-0.25, -0.2) is 8.42 Å². The van der Waals surface area contributed by atoms with Gasteiger partial charge in [-0.3, -0.25) is 14.4 Å². The molecule has 176 valence electrons. The van der Waals surface area contributed by atoms with E-state index in [4.69, 9.17) is 17.3 Å². The topological polar surface area (TPSA) is 130 Å². The Balaban J connectivity index is 1.47. The summed E-state index contributed by atoms with van der Waals surface area (Å²) in [5.74, 6) is -1.40. The van der Waals surface area contributed by atoms with Gasteiger partial charge in [-0.1, -0.05) is 23.7 Å². The molecule has 0 aromatic heterocycles. The summed E-state index contributed by atoms with van der Waals surface area (Å²) in [6.07, 6.45) is 1.40. The Morgan fingerprint density at radius 3 is 2.55 bits per heavy atom. The number of nitrogens with zero attached hydrogens (tertiary/aromatic N) is 2. The van der Waals surface area contributed by atoms with Gasteiger partial charge in [-0.05, 0) is 61.2 Å². The van der Waals surface area contributed by atoms with Crippen molar-refractivity contribution in [1.29, 1.82) is 0 Å². The Labute approximate surface area is 196 Å². The van der Waals surface area contributed by atoms with Crippen molar-refractivity contribution in [3.8, 4) is 0 Å². The quantitative estimate of drug-likeness (QED) is 0.626. The molecule has 0 radical (unpaired) electrons. The van der Waals surface area contributed by atoms with E-state index in [9.17, 15) is 22.8 Å². The van der Waals surface area contributed by atoms with E-state index >= 15 is 0 Å². The van der Waals surface area contributed by atoms with Gasteiger partial charge in [-0.15, -0.1) is 0 Å². The highest BCUT2D eigenvalue weighted by Gasteiger charge is 2.42. The van der Waals surface area contributed by atoms with Crippen molar-refractivity contribution in [2.24, 2.45) is 5.73 Å². The average Bonchev–Trinajstić information content (AvgIpc) is 3.39. The first-order chi connectivity index (χ1) is 15.6. The second-order valence-electron chi connectivity index (χ2n) is 8.42. The molecule has 0 unspecified atom stereocenters. The van der Waals surface area contributed by atoms with Crippen LogP contribution in [0.25, 0.3) is 10.8 Å². The number of hydrogen-bond donors (Lipinski definition) is 2. The van der Waals surface area contributed by atoms with E-state index in [1.165, 1.54) is 21.9 Å². The van der Waals surface area contributed by atoms with E-state index in [1.54, 1.807) is 31.2 Å². The molecule has 9 nitrogen and oxygen atoms in total. The van der Waals surface area contributed by atoms with E-state index < -0.39 is 40.0 Å². The van der Waals surface area contributed by atoms with E-state index in [0.29, 0.717) is 29.8 Å². The molecule has 33 heavy (non-hydrogen) atoms. The molecular weight excluding hydrogens is 468 g/mol. The molecule has 3 atom stereocenters. The second kappa shape index (κ2) is 8.92. The molecule has 3 N–H and O–H groups in total. The van der Waals surface area contributed by atoms with Crippen LogP contribution in [0.4, 0.5) is 0 Å². The fourth-order valence-corrected chi connectivity index (χ4v) is 5.95. The molecule has 2 aliphatic rings. The summed E-state index contributed by atoms with van der Waals surface area (Å²) < 4.78 is 28.4. The van der Waals surface area contributed by atoms with Gasteiger partial charge in [-0.2, -0.15) is 4.72 Å². The summed E-state index contributed by atoms with van der Waals surface area (Å²) in [4.78, 5) is 40.3. The predicted molar refractivity (Wildman–Crippen MR) is 123 cm³/mol. The first-order valence-electron chi connectivity index (χ1n) is 10.7. The summed E-state index contributed by atoms with van der Waals surface area (Å²) in [7, 11) is -3.97. The number of nitrogens with one attached hydrogen (secondary N) is 1. The highest BCUT2D eigenvalue weighted by Crippen LogP contribution is 2.25. The number of fused-ring (bicyclic) bond motifs is 1. The van der Waals surface area contributed by atoms with Crippen molar-refractivity contribution in [2.45, 2.75) is 49.2 Å². The highest BCUT2D eigenvalue weighted by molar-refractivity contribution is 7.89. The van der Waals surface area contributed by atoms with Crippen LogP contribution in [0.2, 0.25) is 5.02 Å². The molecule has 3 amide bonds. The minimum absolute atomic E-state index is 0.0362. The maximum atomic E-state index is 13.0. The van der Waals surface area contributed by atoms with E-state index in [2.05, 4.69) is 4.72 Å². The van der Waals surface area contributed by atoms with Crippen molar-refractivity contribution in [2.75, 3.05) is 13.1 Å². The number of carbonyl (C=O) groups excluding carboxylic acids is 3. The van der Waals surface area contributed by atoms with Gasteiger partial charge in [0.15, 0.2) is 0 Å². The number of rotatable bonds is 6. The van der Waals surface area contributed by atoms with Crippen molar-refractivity contribution < 1.29 is 22.8 Å².